The van der Waals surface area contributed by atoms with Gasteiger partial charge in [0.25, 0.3) is 0 Å². The summed E-state index contributed by atoms with van der Waals surface area (Å²) in [6.45, 7) is 0. The lowest BCUT2D eigenvalue weighted by Gasteiger charge is -2.26. The molecular formula is C13H16N4O3. The Kier molecular flexibility index (Phi) is 3.27. The SMILES string of the molecule is O=C(O)c1cnn([C@H]2CC[C@@H](O)CC2)c1-n1cccn1. The molecule has 1 saturated carbocycles. The van der Waals surface area contributed by atoms with Gasteiger partial charge in [-0.15, -0.1) is 0 Å². The zero-order valence-electron chi connectivity index (χ0n) is 10.9. The molecule has 20 heavy (non-hydrogen) atoms. The van der Waals surface area contributed by atoms with Crippen LogP contribution in [0.3, 0.4) is 0 Å². The third-order valence-electron chi connectivity index (χ3n) is 3.73. The highest BCUT2D eigenvalue weighted by atomic mass is 16.4. The predicted octanol–water partition coefficient (Wildman–Crippen LogP) is 1.24. The topological polar surface area (TPSA) is 93.2 Å². The minimum absolute atomic E-state index is 0.102. The van der Waals surface area contributed by atoms with Gasteiger partial charge in [0, 0.05) is 12.4 Å². The lowest BCUT2D eigenvalue weighted by atomic mass is 9.93. The Morgan fingerprint density at radius 2 is 2.00 bits per heavy atom. The van der Waals surface area contributed by atoms with E-state index in [0.717, 1.165) is 12.8 Å². The largest absolute Gasteiger partial charge is 0.477 e. The molecule has 0 amide bonds. The second-order valence-corrected chi connectivity index (χ2v) is 5.04. The van der Waals surface area contributed by atoms with Crippen LogP contribution < -0.4 is 0 Å². The minimum Gasteiger partial charge on any atom is -0.477 e. The molecule has 0 aliphatic heterocycles. The molecule has 2 aromatic heterocycles. The van der Waals surface area contributed by atoms with E-state index in [1.54, 1.807) is 23.1 Å². The molecule has 0 bridgehead atoms. The summed E-state index contributed by atoms with van der Waals surface area (Å²) in [5.74, 6) is -0.540. The third kappa shape index (κ3) is 2.20. The molecule has 7 heteroatoms. The second kappa shape index (κ2) is 5.09. The van der Waals surface area contributed by atoms with Crippen LogP contribution in [0.1, 0.15) is 42.1 Å². The maximum atomic E-state index is 11.3. The van der Waals surface area contributed by atoms with Crippen molar-refractivity contribution in [3.05, 3.63) is 30.2 Å². The van der Waals surface area contributed by atoms with Crippen LogP contribution in [-0.2, 0) is 0 Å². The van der Waals surface area contributed by atoms with Crippen molar-refractivity contribution >= 4 is 5.97 Å². The number of nitrogens with zero attached hydrogens (tertiary/aromatic N) is 4. The van der Waals surface area contributed by atoms with Gasteiger partial charge in [-0.1, -0.05) is 0 Å². The number of aliphatic hydroxyl groups is 1. The molecular weight excluding hydrogens is 260 g/mol. The van der Waals surface area contributed by atoms with Gasteiger partial charge in [-0.2, -0.15) is 10.2 Å². The first-order chi connectivity index (χ1) is 9.66. The average Bonchev–Trinajstić information content (AvgIpc) is 3.08. The lowest BCUT2D eigenvalue weighted by Crippen LogP contribution is -2.24. The number of rotatable bonds is 3. The van der Waals surface area contributed by atoms with E-state index in [1.165, 1.54) is 10.9 Å². The molecule has 2 N–H and O–H groups in total. The van der Waals surface area contributed by atoms with Crippen molar-refractivity contribution in [2.75, 3.05) is 0 Å². The van der Waals surface area contributed by atoms with E-state index >= 15 is 0 Å². The first kappa shape index (κ1) is 12.9. The number of aliphatic hydroxyl groups excluding tert-OH is 1. The zero-order chi connectivity index (χ0) is 14.1. The van der Waals surface area contributed by atoms with Crippen molar-refractivity contribution in [3.63, 3.8) is 0 Å². The molecule has 0 atom stereocenters. The third-order valence-corrected chi connectivity index (χ3v) is 3.73. The van der Waals surface area contributed by atoms with E-state index in [4.69, 9.17) is 0 Å². The van der Waals surface area contributed by atoms with Gasteiger partial charge in [0.05, 0.1) is 18.3 Å². The minimum atomic E-state index is -1.02. The molecule has 0 saturated heterocycles. The van der Waals surface area contributed by atoms with Gasteiger partial charge in [-0.05, 0) is 31.7 Å². The number of hydrogen-bond donors (Lipinski definition) is 2. The first-order valence-corrected chi connectivity index (χ1v) is 6.65. The van der Waals surface area contributed by atoms with Crippen molar-refractivity contribution in [3.8, 4) is 5.82 Å². The van der Waals surface area contributed by atoms with Gasteiger partial charge in [-0.3, -0.25) is 0 Å². The Balaban J connectivity index is 2.01. The van der Waals surface area contributed by atoms with Crippen molar-refractivity contribution in [2.24, 2.45) is 0 Å². The Hall–Kier alpha value is -2.15. The average molecular weight is 276 g/mol. The molecule has 3 rings (SSSR count). The van der Waals surface area contributed by atoms with Crippen LogP contribution in [0.2, 0.25) is 0 Å². The first-order valence-electron chi connectivity index (χ1n) is 6.65. The van der Waals surface area contributed by atoms with Crippen LogP contribution in [-0.4, -0.2) is 41.8 Å². The molecule has 106 valence electrons. The van der Waals surface area contributed by atoms with Gasteiger partial charge in [0.15, 0.2) is 5.82 Å². The van der Waals surface area contributed by atoms with E-state index < -0.39 is 5.97 Å². The Labute approximate surface area is 115 Å². The smallest absolute Gasteiger partial charge is 0.341 e. The summed E-state index contributed by atoms with van der Waals surface area (Å²) in [5.41, 5.74) is 0.139. The summed E-state index contributed by atoms with van der Waals surface area (Å²) in [5, 5.41) is 27.2. The summed E-state index contributed by atoms with van der Waals surface area (Å²) in [4.78, 5) is 11.3. The number of carbonyl (C=O) groups is 1. The quantitative estimate of drug-likeness (QED) is 0.879. The zero-order valence-corrected chi connectivity index (χ0v) is 10.9. The van der Waals surface area contributed by atoms with E-state index in [0.29, 0.717) is 18.7 Å². The van der Waals surface area contributed by atoms with Gasteiger partial charge >= 0.3 is 5.97 Å². The Morgan fingerprint density at radius 1 is 1.25 bits per heavy atom. The van der Waals surface area contributed by atoms with Crippen LogP contribution in [0.4, 0.5) is 0 Å². The fraction of sp³-hybridized carbons (Fsp3) is 0.462. The van der Waals surface area contributed by atoms with Crippen LogP contribution >= 0.6 is 0 Å². The van der Waals surface area contributed by atoms with Crippen LogP contribution in [0.5, 0.6) is 0 Å². The molecule has 1 fully saturated rings. The maximum Gasteiger partial charge on any atom is 0.341 e. The molecule has 1 aliphatic rings. The van der Waals surface area contributed by atoms with Crippen molar-refractivity contribution in [2.45, 2.75) is 37.8 Å². The monoisotopic (exact) mass is 276 g/mol. The van der Waals surface area contributed by atoms with Crippen molar-refractivity contribution < 1.29 is 15.0 Å². The van der Waals surface area contributed by atoms with Gasteiger partial charge in [0.1, 0.15) is 5.56 Å². The van der Waals surface area contributed by atoms with E-state index in [-0.39, 0.29) is 17.7 Å². The molecule has 1 aliphatic carbocycles. The number of aromatic carboxylic acids is 1. The Bertz CT molecular complexity index is 597. The number of aromatic nitrogens is 4. The van der Waals surface area contributed by atoms with Crippen LogP contribution in [0, 0.1) is 0 Å². The lowest BCUT2D eigenvalue weighted by molar-refractivity contribution is 0.0696. The highest BCUT2D eigenvalue weighted by Gasteiger charge is 2.27. The highest BCUT2D eigenvalue weighted by molar-refractivity contribution is 5.90. The second-order valence-electron chi connectivity index (χ2n) is 5.04. The summed E-state index contributed by atoms with van der Waals surface area (Å²) >= 11 is 0. The summed E-state index contributed by atoms with van der Waals surface area (Å²) < 4.78 is 3.25. The predicted molar refractivity (Wildman–Crippen MR) is 69.8 cm³/mol. The number of hydrogen-bond acceptors (Lipinski definition) is 4. The van der Waals surface area contributed by atoms with Crippen LogP contribution in [0.15, 0.2) is 24.7 Å². The molecule has 0 unspecified atom stereocenters. The number of carboxylic acid groups (broad SMARTS) is 1. The van der Waals surface area contributed by atoms with Gasteiger partial charge in [-0.25, -0.2) is 14.2 Å². The molecule has 2 heterocycles. The molecule has 7 nitrogen and oxygen atoms in total. The normalized spacial score (nSPS) is 22.9. The standard InChI is InChI=1S/C13H16N4O3/c18-10-4-2-9(3-5-10)17-12(16-7-1-6-14-16)11(8-15-17)13(19)20/h1,6-10,18H,2-5H2,(H,19,20)/t9-,10+. The van der Waals surface area contributed by atoms with Gasteiger partial charge in [0.2, 0.25) is 0 Å². The van der Waals surface area contributed by atoms with Gasteiger partial charge < -0.3 is 10.2 Å². The fourth-order valence-corrected chi connectivity index (χ4v) is 2.70. The summed E-state index contributed by atoms with van der Waals surface area (Å²) in [6, 6.07) is 1.85. The van der Waals surface area contributed by atoms with Crippen molar-refractivity contribution in [1.82, 2.24) is 19.6 Å². The number of carboxylic acids is 1. The Morgan fingerprint density at radius 3 is 2.60 bits per heavy atom. The van der Waals surface area contributed by atoms with Crippen molar-refractivity contribution in [1.29, 1.82) is 0 Å². The van der Waals surface area contributed by atoms with Crippen LogP contribution in [0.25, 0.3) is 5.82 Å². The molecule has 0 spiro atoms. The maximum absolute atomic E-state index is 11.3. The molecule has 0 radical (unpaired) electrons. The highest BCUT2D eigenvalue weighted by Crippen LogP contribution is 2.30. The molecule has 0 aromatic carbocycles. The van der Waals surface area contributed by atoms with E-state index in [2.05, 4.69) is 10.2 Å². The summed E-state index contributed by atoms with van der Waals surface area (Å²) in [7, 11) is 0. The fourth-order valence-electron chi connectivity index (χ4n) is 2.70. The van der Waals surface area contributed by atoms with E-state index in [9.17, 15) is 15.0 Å². The summed E-state index contributed by atoms with van der Waals surface area (Å²) in [6.07, 6.45) is 7.42. The molecule has 2 aromatic rings. The van der Waals surface area contributed by atoms with E-state index in [1.807, 2.05) is 0 Å².